The van der Waals surface area contributed by atoms with Crippen molar-refractivity contribution in [2.24, 2.45) is 0 Å². The molecule has 1 fully saturated rings. The lowest BCUT2D eigenvalue weighted by Crippen LogP contribution is -2.43. The standard InChI is InChI=1S/C19H24N4O3/c1-18(2,3)13-6-8-14(9-7-13)19(4)16(25)23(17(26)22-19)12-15(24)21-11-5-10-20/h6-9H,5,11-12H2,1-4H3,(H,21,24)(H,22,26)/t19-/m0/s1. The van der Waals surface area contributed by atoms with Crippen molar-refractivity contribution in [2.45, 2.75) is 45.1 Å². The van der Waals surface area contributed by atoms with Crippen LogP contribution < -0.4 is 10.6 Å². The van der Waals surface area contributed by atoms with Crippen LogP contribution in [0.4, 0.5) is 4.79 Å². The Labute approximate surface area is 153 Å². The first kappa shape index (κ1) is 19.4. The van der Waals surface area contributed by atoms with E-state index in [1.54, 1.807) is 6.92 Å². The van der Waals surface area contributed by atoms with Crippen molar-refractivity contribution in [1.29, 1.82) is 5.26 Å². The second-order valence-electron chi connectivity index (χ2n) is 7.53. The van der Waals surface area contributed by atoms with E-state index in [2.05, 4.69) is 31.4 Å². The van der Waals surface area contributed by atoms with Gasteiger partial charge in [0.25, 0.3) is 5.91 Å². The second-order valence-corrected chi connectivity index (χ2v) is 7.53. The van der Waals surface area contributed by atoms with Crippen LogP contribution in [0.3, 0.4) is 0 Å². The van der Waals surface area contributed by atoms with E-state index in [1.807, 2.05) is 30.3 Å². The fourth-order valence-corrected chi connectivity index (χ4v) is 2.80. The van der Waals surface area contributed by atoms with Gasteiger partial charge in [0.15, 0.2) is 0 Å². The zero-order valence-corrected chi connectivity index (χ0v) is 15.5. The van der Waals surface area contributed by atoms with Gasteiger partial charge in [0.2, 0.25) is 5.91 Å². The fraction of sp³-hybridized carbons (Fsp3) is 0.474. The highest BCUT2D eigenvalue weighted by Gasteiger charge is 2.49. The number of urea groups is 1. The Morgan fingerprint density at radius 2 is 1.88 bits per heavy atom. The molecule has 7 heteroatoms. The van der Waals surface area contributed by atoms with Crippen molar-refractivity contribution in [3.63, 3.8) is 0 Å². The molecule has 0 aliphatic carbocycles. The molecule has 0 radical (unpaired) electrons. The van der Waals surface area contributed by atoms with Gasteiger partial charge in [-0.1, -0.05) is 45.0 Å². The normalized spacial score (nSPS) is 19.9. The van der Waals surface area contributed by atoms with E-state index >= 15 is 0 Å². The van der Waals surface area contributed by atoms with Gasteiger partial charge in [0.05, 0.1) is 12.5 Å². The third kappa shape index (κ3) is 3.85. The Hall–Kier alpha value is -2.88. The summed E-state index contributed by atoms with van der Waals surface area (Å²) >= 11 is 0. The van der Waals surface area contributed by atoms with E-state index in [0.717, 1.165) is 10.5 Å². The van der Waals surface area contributed by atoms with Crippen molar-refractivity contribution in [3.8, 4) is 6.07 Å². The lowest BCUT2D eigenvalue weighted by molar-refractivity contribution is -0.134. The summed E-state index contributed by atoms with van der Waals surface area (Å²) < 4.78 is 0. The van der Waals surface area contributed by atoms with Gasteiger partial charge >= 0.3 is 6.03 Å². The monoisotopic (exact) mass is 356 g/mol. The molecule has 0 aromatic heterocycles. The van der Waals surface area contributed by atoms with Gasteiger partial charge in [0, 0.05) is 6.54 Å². The molecule has 1 atom stereocenters. The Morgan fingerprint density at radius 3 is 2.42 bits per heavy atom. The minimum absolute atomic E-state index is 0.0179. The number of rotatable bonds is 5. The lowest BCUT2D eigenvalue weighted by Gasteiger charge is -2.24. The molecule has 1 aromatic rings. The van der Waals surface area contributed by atoms with Crippen molar-refractivity contribution < 1.29 is 14.4 Å². The molecule has 26 heavy (non-hydrogen) atoms. The van der Waals surface area contributed by atoms with Crippen LogP contribution in [-0.4, -0.2) is 35.8 Å². The van der Waals surface area contributed by atoms with Crippen molar-refractivity contribution in [3.05, 3.63) is 35.4 Å². The largest absolute Gasteiger partial charge is 0.354 e. The van der Waals surface area contributed by atoms with Gasteiger partial charge in [-0.3, -0.25) is 14.5 Å². The second kappa shape index (κ2) is 7.16. The first-order valence-electron chi connectivity index (χ1n) is 8.48. The molecule has 1 aliphatic heterocycles. The smallest absolute Gasteiger partial charge is 0.325 e. The molecule has 138 valence electrons. The predicted molar refractivity (Wildman–Crippen MR) is 96.0 cm³/mol. The van der Waals surface area contributed by atoms with Crippen LogP contribution in [0.15, 0.2) is 24.3 Å². The zero-order chi connectivity index (χ0) is 19.5. The molecule has 1 heterocycles. The number of nitrogens with one attached hydrogen (secondary N) is 2. The average Bonchev–Trinajstić information content (AvgIpc) is 2.79. The first-order valence-corrected chi connectivity index (χ1v) is 8.48. The quantitative estimate of drug-likeness (QED) is 0.620. The molecule has 0 unspecified atom stereocenters. The number of nitriles is 1. The average molecular weight is 356 g/mol. The van der Waals surface area contributed by atoms with Gasteiger partial charge < -0.3 is 10.6 Å². The van der Waals surface area contributed by atoms with Gasteiger partial charge in [-0.25, -0.2) is 4.79 Å². The van der Waals surface area contributed by atoms with E-state index < -0.39 is 23.4 Å². The molecule has 4 amide bonds. The lowest BCUT2D eigenvalue weighted by atomic mass is 9.84. The summed E-state index contributed by atoms with van der Waals surface area (Å²) in [5, 5.41) is 13.7. The molecular formula is C19H24N4O3. The van der Waals surface area contributed by atoms with Crippen LogP contribution >= 0.6 is 0 Å². The molecule has 1 saturated heterocycles. The maximum atomic E-state index is 12.8. The Balaban J connectivity index is 2.16. The number of nitrogens with zero attached hydrogens (tertiary/aromatic N) is 2. The minimum Gasteiger partial charge on any atom is -0.354 e. The van der Waals surface area contributed by atoms with E-state index in [0.29, 0.717) is 5.56 Å². The van der Waals surface area contributed by atoms with Crippen molar-refractivity contribution in [2.75, 3.05) is 13.1 Å². The van der Waals surface area contributed by atoms with Crippen molar-refractivity contribution >= 4 is 17.8 Å². The highest BCUT2D eigenvalue weighted by molar-refractivity contribution is 6.09. The van der Waals surface area contributed by atoms with E-state index in [9.17, 15) is 14.4 Å². The Morgan fingerprint density at radius 1 is 1.27 bits per heavy atom. The summed E-state index contributed by atoms with van der Waals surface area (Å²) in [5.41, 5.74) is 0.558. The highest BCUT2D eigenvalue weighted by Crippen LogP contribution is 2.30. The van der Waals surface area contributed by atoms with Crippen LogP contribution in [0, 0.1) is 11.3 Å². The highest BCUT2D eigenvalue weighted by atomic mass is 16.2. The minimum atomic E-state index is -1.21. The topological polar surface area (TPSA) is 102 Å². The van der Waals surface area contributed by atoms with E-state index in [4.69, 9.17) is 5.26 Å². The number of benzene rings is 1. The number of hydrogen-bond acceptors (Lipinski definition) is 4. The van der Waals surface area contributed by atoms with Crippen LogP contribution in [0.2, 0.25) is 0 Å². The summed E-state index contributed by atoms with van der Waals surface area (Å²) in [4.78, 5) is 37.8. The molecule has 2 N–H and O–H groups in total. The Kier molecular flexibility index (Phi) is 5.36. The third-order valence-corrected chi connectivity index (χ3v) is 4.46. The third-order valence-electron chi connectivity index (χ3n) is 4.46. The van der Waals surface area contributed by atoms with E-state index in [1.165, 1.54) is 0 Å². The molecule has 2 rings (SSSR count). The van der Waals surface area contributed by atoms with Gasteiger partial charge in [-0.05, 0) is 23.5 Å². The number of hydrogen-bond donors (Lipinski definition) is 2. The number of carbonyl (C=O) groups is 3. The van der Waals surface area contributed by atoms with Crippen LogP contribution in [0.5, 0.6) is 0 Å². The van der Waals surface area contributed by atoms with Crippen LogP contribution in [-0.2, 0) is 20.5 Å². The number of imide groups is 1. The zero-order valence-electron chi connectivity index (χ0n) is 15.5. The summed E-state index contributed by atoms with van der Waals surface area (Å²) in [6.07, 6.45) is 0.170. The molecule has 0 spiro atoms. The molecule has 1 aromatic carbocycles. The molecule has 7 nitrogen and oxygen atoms in total. The fourth-order valence-electron chi connectivity index (χ4n) is 2.80. The molecule has 1 aliphatic rings. The molecule has 0 saturated carbocycles. The number of amides is 4. The van der Waals surface area contributed by atoms with Gasteiger partial charge in [-0.2, -0.15) is 5.26 Å². The van der Waals surface area contributed by atoms with Crippen molar-refractivity contribution in [1.82, 2.24) is 15.5 Å². The maximum absolute atomic E-state index is 12.8. The van der Waals surface area contributed by atoms with Crippen LogP contribution in [0.1, 0.15) is 45.2 Å². The molecule has 0 bridgehead atoms. The van der Waals surface area contributed by atoms with Gasteiger partial charge in [0.1, 0.15) is 12.1 Å². The summed E-state index contributed by atoms with van der Waals surface area (Å²) in [6.45, 7) is 7.74. The molecular weight excluding hydrogens is 332 g/mol. The summed E-state index contributed by atoms with van der Waals surface area (Å²) in [6, 6.07) is 8.85. The van der Waals surface area contributed by atoms with Crippen LogP contribution in [0.25, 0.3) is 0 Å². The maximum Gasteiger partial charge on any atom is 0.325 e. The van der Waals surface area contributed by atoms with Gasteiger partial charge in [-0.15, -0.1) is 0 Å². The predicted octanol–water partition coefficient (Wildman–Crippen LogP) is 1.78. The SMILES string of the molecule is CC(C)(C)c1ccc([C@]2(C)NC(=O)N(CC(=O)NCCC#N)C2=O)cc1. The number of carbonyl (C=O) groups excluding carboxylic acids is 3. The summed E-state index contributed by atoms with van der Waals surface area (Å²) in [7, 11) is 0. The Bertz CT molecular complexity index is 758. The summed E-state index contributed by atoms with van der Waals surface area (Å²) in [5.74, 6) is -0.947. The first-order chi connectivity index (χ1) is 12.1. The van der Waals surface area contributed by atoms with E-state index in [-0.39, 0.29) is 24.9 Å².